The zero-order valence-corrected chi connectivity index (χ0v) is 9.05. The number of fused-ring (bicyclic) bond motifs is 1. The van der Waals surface area contributed by atoms with Gasteiger partial charge in [-0.05, 0) is 31.0 Å². The number of rotatable bonds is 2. The molecule has 0 atom stereocenters. The van der Waals surface area contributed by atoms with E-state index in [1.54, 1.807) is 11.0 Å². The second-order valence-electron chi connectivity index (χ2n) is 4.27. The van der Waals surface area contributed by atoms with Crippen molar-refractivity contribution in [3.63, 3.8) is 0 Å². The second kappa shape index (κ2) is 3.48. The Morgan fingerprint density at radius 2 is 2.18 bits per heavy atom. The van der Waals surface area contributed by atoms with Crippen LogP contribution in [0.2, 0.25) is 0 Å². The van der Waals surface area contributed by atoms with Crippen LogP contribution in [0.25, 0.3) is 0 Å². The number of hydrogen-bond acceptors (Lipinski definition) is 3. The summed E-state index contributed by atoms with van der Waals surface area (Å²) in [4.78, 5) is 24.3. The van der Waals surface area contributed by atoms with E-state index in [1.165, 1.54) is 12.1 Å². The van der Waals surface area contributed by atoms with Crippen LogP contribution in [0.4, 0.5) is 5.69 Å². The predicted molar refractivity (Wildman–Crippen MR) is 59.4 cm³/mol. The molecule has 17 heavy (non-hydrogen) atoms. The van der Waals surface area contributed by atoms with Crippen LogP contribution in [0.3, 0.4) is 0 Å². The number of benzene rings is 1. The highest BCUT2D eigenvalue weighted by atomic mass is 16.5. The lowest BCUT2D eigenvalue weighted by Gasteiger charge is -2.29. The van der Waals surface area contributed by atoms with Gasteiger partial charge >= 0.3 is 5.97 Å². The molecule has 1 aliphatic carbocycles. The molecule has 0 aromatic heterocycles. The Morgan fingerprint density at radius 1 is 1.41 bits per heavy atom. The third kappa shape index (κ3) is 1.63. The quantitative estimate of drug-likeness (QED) is 0.835. The van der Waals surface area contributed by atoms with E-state index in [1.807, 2.05) is 0 Å². The van der Waals surface area contributed by atoms with Crippen LogP contribution in [-0.2, 0) is 4.79 Å². The SMILES string of the molecule is O=C(O)c1ccc2c(c1)OCC(=O)N2C1CC1. The van der Waals surface area contributed by atoms with Crippen LogP contribution >= 0.6 is 0 Å². The van der Waals surface area contributed by atoms with Gasteiger partial charge in [-0.3, -0.25) is 4.79 Å². The smallest absolute Gasteiger partial charge is 0.335 e. The average molecular weight is 233 g/mol. The van der Waals surface area contributed by atoms with Crippen molar-refractivity contribution in [3.05, 3.63) is 23.8 Å². The first-order valence-electron chi connectivity index (χ1n) is 5.49. The summed E-state index contributed by atoms with van der Waals surface area (Å²) < 4.78 is 5.28. The van der Waals surface area contributed by atoms with E-state index in [0.29, 0.717) is 11.4 Å². The van der Waals surface area contributed by atoms with Gasteiger partial charge in [-0.15, -0.1) is 0 Å². The molecule has 1 saturated carbocycles. The summed E-state index contributed by atoms with van der Waals surface area (Å²) in [5, 5.41) is 8.89. The number of carboxylic acid groups (broad SMARTS) is 1. The molecule has 0 saturated heterocycles. The normalized spacial score (nSPS) is 18.6. The molecule has 0 unspecified atom stereocenters. The zero-order valence-electron chi connectivity index (χ0n) is 9.05. The molecule has 0 spiro atoms. The summed E-state index contributed by atoms with van der Waals surface area (Å²) >= 11 is 0. The number of aromatic carboxylic acids is 1. The van der Waals surface area contributed by atoms with Crippen molar-refractivity contribution in [3.8, 4) is 5.75 Å². The molecule has 88 valence electrons. The highest BCUT2D eigenvalue weighted by molar-refractivity contribution is 6.00. The molecule has 2 aliphatic rings. The number of ether oxygens (including phenoxy) is 1. The van der Waals surface area contributed by atoms with Crippen LogP contribution < -0.4 is 9.64 Å². The van der Waals surface area contributed by atoms with E-state index in [0.717, 1.165) is 12.8 Å². The van der Waals surface area contributed by atoms with Gasteiger partial charge in [-0.1, -0.05) is 0 Å². The van der Waals surface area contributed by atoms with Crippen molar-refractivity contribution < 1.29 is 19.4 Å². The van der Waals surface area contributed by atoms with Gasteiger partial charge in [0, 0.05) is 6.04 Å². The number of carbonyl (C=O) groups is 2. The van der Waals surface area contributed by atoms with E-state index in [2.05, 4.69) is 0 Å². The minimum Gasteiger partial charge on any atom is -0.482 e. The van der Waals surface area contributed by atoms with Gasteiger partial charge in [-0.25, -0.2) is 4.79 Å². The second-order valence-corrected chi connectivity index (χ2v) is 4.27. The predicted octanol–water partition coefficient (Wildman–Crippen LogP) is 1.27. The fraction of sp³-hybridized carbons (Fsp3) is 0.333. The summed E-state index contributed by atoms with van der Waals surface area (Å²) in [6.07, 6.45) is 2.01. The lowest BCUT2D eigenvalue weighted by atomic mass is 10.1. The van der Waals surface area contributed by atoms with Crippen LogP contribution in [0.15, 0.2) is 18.2 Å². The number of carboxylic acids is 1. The first-order chi connectivity index (χ1) is 8.16. The van der Waals surface area contributed by atoms with Crippen LogP contribution in [0.1, 0.15) is 23.2 Å². The molecule has 1 fully saturated rings. The highest BCUT2D eigenvalue weighted by Crippen LogP contribution is 2.39. The molecule has 1 heterocycles. The third-order valence-corrected chi connectivity index (χ3v) is 3.00. The summed E-state index contributed by atoms with van der Waals surface area (Å²) in [6, 6.07) is 4.88. The summed E-state index contributed by atoms with van der Waals surface area (Å²) in [7, 11) is 0. The third-order valence-electron chi connectivity index (χ3n) is 3.00. The van der Waals surface area contributed by atoms with Gasteiger partial charge in [0.1, 0.15) is 5.75 Å². The molecule has 1 N–H and O–H groups in total. The number of nitrogens with zero attached hydrogens (tertiary/aromatic N) is 1. The molecular formula is C12H11NO4. The van der Waals surface area contributed by atoms with Crippen LogP contribution in [0, 0.1) is 0 Å². The summed E-state index contributed by atoms with van der Waals surface area (Å²) in [5.74, 6) is -0.564. The van der Waals surface area contributed by atoms with E-state index in [4.69, 9.17) is 9.84 Å². The summed E-state index contributed by atoms with van der Waals surface area (Å²) in [5.41, 5.74) is 0.864. The minimum absolute atomic E-state index is 0.00737. The molecule has 5 heteroatoms. The van der Waals surface area contributed by atoms with Crippen LogP contribution in [-0.4, -0.2) is 29.6 Å². The summed E-state index contributed by atoms with van der Waals surface area (Å²) in [6.45, 7) is -0.00737. The Kier molecular flexibility index (Phi) is 2.07. The van der Waals surface area contributed by atoms with E-state index >= 15 is 0 Å². The number of amides is 1. The molecule has 1 amide bonds. The standard InChI is InChI=1S/C12H11NO4/c14-11-6-17-10-5-7(12(15)16)1-4-9(10)13(11)8-2-3-8/h1,4-5,8H,2-3,6H2,(H,15,16). The van der Waals surface area contributed by atoms with Gasteiger partial charge in [0.25, 0.3) is 5.91 Å². The molecular weight excluding hydrogens is 222 g/mol. The largest absolute Gasteiger partial charge is 0.482 e. The molecule has 0 bridgehead atoms. The lowest BCUT2D eigenvalue weighted by Crippen LogP contribution is -2.40. The van der Waals surface area contributed by atoms with Gasteiger partial charge in [-0.2, -0.15) is 0 Å². The topological polar surface area (TPSA) is 66.8 Å². The molecule has 1 aromatic rings. The number of anilines is 1. The van der Waals surface area contributed by atoms with Crippen molar-refractivity contribution >= 4 is 17.6 Å². The van der Waals surface area contributed by atoms with Crippen molar-refractivity contribution in [1.82, 2.24) is 0 Å². The first-order valence-corrected chi connectivity index (χ1v) is 5.49. The van der Waals surface area contributed by atoms with E-state index in [9.17, 15) is 9.59 Å². The van der Waals surface area contributed by atoms with E-state index in [-0.39, 0.29) is 24.1 Å². The fourth-order valence-corrected chi connectivity index (χ4v) is 2.04. The Morgan fingerprint density at radius 3 is 2.82 bits per heavy atom. The zero-order chi connectivity index (χ0) is 12.0. The van der Waals surface area contributed by atoms with Gasteiger partial charge in [0.05, 0.1) is 11.3 Å². The average Bonchev–Trinajstić information content (AvgIpc) is 3.12. The Hall–Kier alpha value is -2.04. The Labute approximate surface area is 97.6 Å². The Bertz CT molecular complexity index is 507. The van der Waals surface area contributed by atoms with Crippen molar-refractivity contribution in [2.75, 3.05) is 11.5 Å². The number of carbonyl (C=O) groups excluding carboxylic acids is 1. The van der Waals surface area contributed by atoms with Gasteiger partial charge in [0.15, 0.2) is 6.61 Å². The monoisotopic (exact) mass is 233 g/mol. The number of hydrogen-bond donors (Lipinski definition) is 1. The lowest BCUT2D eigenvalue weighted by molar-refractivity contribution is -0.121. The molecule has 5 nitrogen and oxygen atoms in total. The van der Waals surface area contributed by atoms with Crippen molar-refractivity contribution in [1.29, 1.82) is 0 Å². The maximum Gasteiger partial charge on any atom is 0.335 e. The van der Waals surface area contributed by atoms with Crippen LogP contribution in [0.5, 0.6) is 5.75 Å². The van der Waals surface area contributed by atoms with Crippen molar-refractivity contribution in [2.24, 2.45) is 0 Å². The highest BCUT2D eigenvalue weighted by Gasteiger charge is 2.37. The minimum atomic E-state index is -0.994. The van der Waals surface area contributed by atoms with E-state index < -0.39 is 5.97 Å². The maximum absolute atomic E-state index is 11.7. The molecule has 1 aliphatic heterocycles. The molecule has 1 aromatic carbocycles. The Balaban J connectivity index is 2.04. The molecule has 0 radical (unpaired) electrons. The fourth-order valence-electron chi connectivity index (χ4n) is 2.04. The van der Waals surface area contributed by atoms with Gasteiger partial charge < -0.3 is 14.7 Å². The first kappa shape index (κ1) is 10.1. The van der Waals surface area contributed by atoms with Crippen molar-refractivity contribution in [2.45, 2.75) is 18.9 Å². The van der Waals surface area contributed by atoms with Gasteiger partial charge in [0.2, 0.25) is 0 Å². The molecule has 3 rings (SSSR count). The maximum atomic E-state index is 11.7.